The van der Waals surface area contributed by atoms with Gasteiger partial charge in [-0.15, -0.1) is 0 Å². The van der Waals surface area contributed by atoms with Crippen molar-refractivity contribution in [1.82, 2.24) is 5.43 Å². The predicted octanol–water partition coefficient (Wildman–Crippen LogP) is 1.97. The number of hydrazone groups is 1. The topological polar surface area (TPSA) is 148 Å². The van der Waals surface area contributed by atoms with E-state index >= 15 is 0 Å². The number of nitro benzene ring substituents is 2. The molecule has 0 aromatic heterocycles. The Balaban J connectivity index is 2.22. The molecule has 0 saturated heterocycles. The fourth-order valence-corrected chi connectivity index (χ4v) is 1.79. The minimum atomic E-state index is -0.914. The summed E-state index contributed by atoms with van der Waals surface area (Å²) in [5.74, 6) is -0.972. The van der Waals surface area contributed by atoms with Gasteiger partial charge >= 0.3 is 0 Å². The molecule has 0 heterocycles. The number of rotatable bonds is 5. The summed E-state index contributed by atoms with van der Waals surface area (Å²) >= 11 is 0. The van der Waals surface area contributed by atoms with E-state index in [0.29, 0.717) is 11.6 Å². The number of phenols is 1. The Morgan fingerprint density at radius 3 is 2.46 bits per heavy atom. The number of amides is 1. The van der Waals surface area contributed by atoms with Crippen LogP contribution >= 0.6 is 0 Å². The molecule has 24 heavy (non-hydrogen) atoms. The van der Waals surface area contributed by atoms with Crippen LogP contribution in [0.5, 0.6) is 5.75 Å². The lowest BCUT2D eigenvalue weighted by Gasteiger charge is -2.02. The van der Waals surface area contributed by atoms with Crippen LogP contribution in [0.15, 0.2) is 47.6 Å². The van der Waals surface area contributed by atoms with Crippen LogP contribution in [-0.4, -0.2) is 27.1 Å². The molecule has 2 aromatic rings. The number of nitrogens with zero attached hydrogens (tertiary/aromatic N) is 3. The lowest BCUT2D eigenvalue weighted by Crippen LogP contribution is -2.19. The number of para-hydroxylation sites is 1. The summed E-state index contributed by atoms with van der Waals surface area (Å²) in [5.41, 5.74) is 0.806. The molecule has 0 spiro atoms. The molecule has 10 heteroatoms. The average Bonchev–Trinajstić information content (AvgIpc) is 2.55. The Labute approximate surface area is 134 Å². The molecule has 0 aliphatic heterocycles. The summed E-state index contributed by atoms with van der Waals surface area (Å²) in [7, 11) is 0. The van der Waals surface area contributed by atoms with Crippen molar-refractivity contribution in [3.8, 4) is 5.75 Å². The van der Waals surface area contributed by atoms with Crippen LogP contribution in [0.25, 0.3) is 0 Å². The van der Waals surface area contributed by atoms with E-state index in [2.05, 4.69) is 10.5 Å². The zero-order chi connectivity index (χ0) is 17.7. The summed E-state index contributed by atoms with van der Waals surface area (Å²) < 4.78 is 0. The van der Waals surface area contributed by atoms with Gasteiger partial charge in [0.15, 0.2) is 0 Å². The van der Waals surface area contributed by atoms with Crippen LogP contribution < -0.4 is 5.43 Å². The zero-order valence-corrected chi connectivity index (χ0v) is 11.9. The van der Waals surface area contributed by atoms with Gasteiger partial charge in [0, 0.05) is 11.6 Å². The molecule has 0 atom stereocenters. The fraction of sp³-hybridized carbons (Fsp3) is 0. The van der Waals surface area contributed by atoms with Crippen LogP contribution in [0.3, 0.4) is 0 Å². The van der Waals surface area contributed by atoms with Crippen LogP contribution in [0, 0.1) is 20.2 Å². The lowest BCUT2D eigenvalue weighted by molar-refractivity contribution is -0.394. The number of phenolic OH excluding ortho intramolecular Hbond substituents is 1. The maximum Gasteiger partial charge on any atom is 0.289 e. The van der Waals surface area contributed by atoms with Crippen LogP contribution in [0.4, 0.5) is 11.4 Å². The highest BCUT2D eigenvalue weighted by molar-refractivity contribution is 5.99. The first-order chi connectivity index (χ1) is 11.4. The van der Waals surface area contributed by atoms with Gasteiger partial charge in [-0.2, -0.15) is 5.10 Å². The first-order valence-corrected chi connectivity index (χ1v) is 6.44. The highest BCUT2D eigenvalue weighted by Crippen LogP contribution is 2.24. The van der Waals surface area contributed by atoms with Gasteiger partial charge in [0.25, 0.3) is 17.3 Å². The third kappa shape index (κ3) is 3.68. The highest BCUT2D eigenvalue weighted by atomic mass is 16.6. The molecular weight excluding hydrogens is 320 g/mol. The maximum atomic E-state index is 12.0. The average molecular weight is 330 g/mol. The molecule has 10 nitrogen and oxygen atoms in total. The molecule has 0 bridgehead atoms. The van der Waals surface area contributed by atoms with Crippen molar-refractivity contribution in [2.75, 3.05) is 0 Å². The Kier molecular flexibility index (Phi) is 4.80. The molecule has 0 aliphatic carbocycles. The van der Waals surface area contributed by atoms with E-state index in [0.717, 1.165) is 18.3 Å². The standard InChI is InChI=1S/C14H10N4O6/c19-13-4-2-1-3-9(13)8-15-16-14(20)11-6-5-10(17(21)22)7-12(11)18(23)24/h1-8,19H,(H,16,20)/b15-8-. The second-order valence-corrected chi connectivity index (χ2v) is 4.47. The number of carbonyl (C=O) groups excluding carboxylic acids is 1. The molecule has 0 saturated carbocycles. The molecule has 0 aliphatic rings. The number of nitro groups is 2. The Bertz CT molecular complexity index is 849. The van der Waals surface area contributed by atoms with Crippen LogP contribution in [0.1, 0.15) is 15.9 Å². The van der Waals surface area contributed by atoms with E-state index in [-0.39, 0.29) is 11.3 Å². The summed E-state index contributed by atoms with van der Waals surface area (Å²) in [6.45, 7) is 0. The van der Waals surface area contributed by atoms with Gasteiger partial charge in [0.1, 0.15) is 11.3 Å². The summed E-state index contributed by atoms with van der Waals surface area (Å²) in [4.78, 5) is 31.9. The molecule has 1 amide bonds. The number of non-ortho nitro benzene ring substituents is 1. The van der Waals surface area contributed by atoms with Crippen molar-refractivity contribution in [3.63, 3.8) is 0 Å². The zero-order valence-electron chi connectivity index (χ0n) is 11.9. The third-order valence-corrected chi connectivity index (χ3v) is 2.94. The normalized spacial score (nSPS) is 10.5. The maximum absolute atomic E-state index is 12.0. The van der Waals surface area contributed by atoms with E-state index in [1.807, 2.05) is 0 Å². The van der Waals surface area contributed by atoms with Crippen LogP contribution in [-0.2, 0) is 0 Å². The summed E-state index contributed by atoms with van der Waals surface area (Å²) in [6, 6.07) is 8.86. The predicted molar refractivity (Wildman–Crippen MR) is 82.9 cm³/mol. The van der Waals surface area contributed by atoms with Crippen molar-refractivity contribution in [2.24, 2.45) is 5.10 Å². The monoisotopic (exact) mass is 330 g/mol. The minimum absolute atomic E-state index is 0.0585. The SMILES string of the molecule is O=C(N/N=C\c1ccccc1O)c1ccc([N+](=O)[O-])cc1[N+](=O)[O-]. The summed E-state index contributed by atoms with van der Waals surface area (Å²) in [6.07, 6.45) is 1.16. The number of benzene rings is 2. The molecule has 2 rings (SSSR count). The Morgan fingerprint density at radius 1 is 1.12 bits per heavy atom. The molecular formula is C14H10N4O6. The van der Waals surface area contributed by atoms with Gasteiger partial charge < -0.3 is 5.11 Å². The second-order valence-electron chi connectivity index (χ2n) is 4.47. The van der Waals surface area contributed by atoms with Crippen LogP contribution in [0.2, 0.25) is 0 Å². The Hall–Kier alpha value is -3.82. The Morgan fingerprint density at radius 2 is 1.83 bits per heavy atom. The van der Waals surface area contributed by atoms with E-state index in [4.69, 9.17) is 0 Å². The fourth-order valence-electron chi connectivity index (χ4n) is 1.79. The molecule has 122 valence electrons. The molecule has 2 N–H and O–H groups in total. The van der Waals surface area contributed by atoms with Crippen molar-refractivity contribution in [3.05, 3.63) is 73.8 Å². The largest absolute Gasteiger partial charge is 0.507 e. The lowest BCUT2D eigenvalue weighted by atomic mass is 10.1. The first kappa shape index (κ1) is 16.5. The van der Waals surface area contributed by atoms with Crippen molar-refractivity contribution < 1.29 is 19.7 Å². The number of hydrogen-bond acceptors (Lipinski definition) is 7. The van der Waals surface area contributed by atoms with Gasteiger partial charge in [0.2, 0.25) is 0 Å². The highest BCUT2D eigenvalue weighted by Gasteiger charge is 2.23. The van der Waals surface area contributed by atoms with Crippen molar-refractivity contribution >= 4 is 23.5 Å². The number of nitrogens with one attached hydrogen (secondary N) is 1. The smallest absolute Gasteiger partial charge is 0.289 e. The molecule has 0 unspecified atom stereocenters. The van der Waals surface area contributed by atoms with E-state index < -0.39 is 27.1 Å². The van der Waals surface area contributed by atoms with Gasteiger partial charge in [-0.3, -0.25) is 25.0 Å². The van der Waals surface area contributed by atoms with Gasteiger partial charge in [-0.1, -0.05) is 12.1 Å². The molecule has 0 fully saturated rings. The third-order valence-electron chi connectivity index (χ3n) is 2.94. The summed E-state index contributed by atoms with van der Waals surface area (Å²) in [5, 5.41) is 34.8. The van der Waals surface area contributed by atoms with E-state index in [1.165, 1.54) is 6.07 Å². The quantitative estimate of drug-likeness (QED) is 0.486. The van der Waals surface area contributed by atoms with Crippen molar-refractivity contribution in [2.45, 2.75) is 0 Å². The number of hydrogen-bond donors (Lipinski definition) is 2. The number of carbonyl (C=O) groups is 1. The molecule has 2 aromatic carbocycles. The van der Waals surface area contributed by atoms with E-state index in [9.17, 15) is 30.1 Å². The number of aromatic hydroxyl groups is 1. The van der Waals surface area contributed by atoms with Gasteiger partial charge in [-0.05, 0) is 18.2 Å². The van der Waals surface area contributed by atoms with E-state index in [1.54, 1.807) is 18.2 Å². The van der Waals surface area contributed by atoms with Gasteiger partial charge in [-0.25, -0.2) is 5.43 Å². The second kappa shape index (κ2) is 6.96. The molecule has 0 radical (unpaired) electrons. The van der Waals surface area contributed by atoms with Gasteiger partial charge in [0.05, 0.1) is 22.1 Å². The first-order valence-electron chi connectivity index (χ1n) is 6.44. The minimum Gasteiger partial charge on any atom is -0.507 e. The van der Waals surface area contributed by atoms with Crippen molar-refractivity contribution in [1.29, 1.82) is 0 Å².